The molecule has 1 N–H and O–H groups in total. The molecule has 0 unspecified atom stereocenters. The van der Waals surface area contributed by atoms with Crippen molar-refractivity contribution in [3.63, 3.8) is 0 Å². The molecule has 0 aromatic carbocycles. The van der Waals surface area contributed by atoms with Gasteiger partial charge in [0.15, 0.2) is 6.39 Å². The van der Waals surface area contributed by atoms with Crippen LogP contribution >= 0.6 is 0 Å². The number of rotatable bonds is 5. The summed E-state index contributed by atoms with van der Waals surface area (Å²) in [7, 11) is -0.385. The number of hydrogen-bond acceptors (Lipinski definition) is 4. The van der Waals surface area contributed by atoms with Crippen molar-refractivity contribution in [2.75, 3.05) is 20.6 Å². The fourth-order valence-electron chi connectivity index (χ4n) is 0.798. The molecule has 0 aliphatic rings. The molecular weight excluding hydrogens is 206 g/mol. The topological polar surface area (TPSA) is 75.4 Å². The second kappa shape index (κ2) is 4.54. The van der Waals surface area contributed by atoms with Gasteiger partial charge in [-0.15, -0.1) is 0 Å². The van der Waals surface area contributed by atoms with Gasteiger partial charge in [0.25, 0.3) is 10.2 Å². The molecule has 0 aliphatic carbocycles. The van der Waals surface area contributed by atoms with E-state index in [1.165, 1.54) is 26.8 Å². The summed E-state index contributed by atoms with van der Waals surface area (Å²) in [6.07, 6.45) is 3.32. The second-order valence-electron chi connectivity index (χ2n) is 2.91. The van der Waals surface area contributed by atoms with E-state index in [0.717, 1.165) is 10.00 Å². The largest absolute Gasteiger partial charge is 0.451 e. The Kier molecular flexibility index (Phi) is 3.62. The third-order valence-electron chi connectivity index (χ3n) is 1.63. The maximum Gasteiger partial charge on any atom is 0.278 e. The number of nitrogens with zero attached hydrogens (tertiary/aromatic N) is 2. The van der Waals surface area contributed by atoms with E-state index in [2.05, 4.69) is 9.71 Å². The molecule has 0 fully saturated rings. The molecule has 0 saturated carbocycles. The molecule has 7 heteroatoms. The molecule has 1 aromatic heterocycles. The van der Waals surface area contributed by atoms with E-state index >= 15 is 0 Å². The van der Waals surface area contributed by atoms with Crippen LogP contribution in [0.15, 0.2) is 17.1 Å². The maximum absolute atomic E-state index is 11.2. The van der Waals surface area contributed by atoms with E-state index in [0.29, 0.717) is 13.0 Å². The third kappa shape index (κ3) is 3.09. The van der Waals surface area contributed by atoms with Gasteiger partial charge in [-0.05, 0) is 0 Å². The van der Waals surface area contributed by atoms with Crippen molar-refractivity contribution in [1.82, 2.24) is 14.0 Å². The lowest BCUT2D eigenvalue weighted by Crippen LogP contribution is -2.36. The first-order chi connectivity index (χ1) is 6.52. The van der Waals surface area contributed by atoms with Gasteiger partial charge in [0.05, 0.1) is 5.69 Å². The summed E-state index contributed by atoms with van der Waals surface area (Å²) in [5, 5.41) is 0. The van der Waals surface area contributed by atoms with Gasteiger partial charge in [0.1, 0.15) is 6.26 Å². The van der Waals surface area contributed by atoms with Crippen molar-refractivity contribution < 1.29 is 12.8 Å². The van der Waals surface area contributed by atoms with Crippen LogP contribution in [0, 0.1) is 0 Å². The summed E-state index contributed by atoms with van der Waals surface area (Å²) in [5.41, 5.74) is 0.728. The van der Waals surface area contributed by atoms with Gasteiger partial charge in [-0.25, -0.2) is 9.71 Å². The van der Waals surface area contributed by atoms with Crippen LogP contribution in [0.4, 0.5) is 0 Å². The molecule has 1 heterocycles. The Labute approximate surface area is 83.1 Å². The number of nitrogens with one attached hydrogen (secondary N) is 1. The average Bonchev–Trinajstić information content (AvgIpc) is 2.56. The molecule has 1 aromatic rings. The van der Waals surface area contributed by atoms with Crippen molar-refractivity contribution in [1.29, 1.82) is 0 Å². The van der Waals surface area contributed by atoms with Crippen molar-refractivity contribution in [2.45, 2.75) is 6.42 Å². The van der Waals surface area contributed by atoms with Crippen LogP contribution in [0.1, 0.15) is 5.69 Å². The second-order valence-corrected chi connectivity index (χ2v) is 4.88. The van der Waals surface area contributed by atoms with Crippen LogP contribution in [-0.4, -0.2) is 38.3 Å². The molecule has 0 bridgehead atoms. The zero-order valence-corrected chi connectivity index (χ0v) is 8.91. The molecule has 0 radical (unpaired) electrons. The van der Waals surface area contributed by atoms with E-state index in [9.17, 15) is 8.42 Å². The Morgan fingerprint density at radius 3 is 2.79 bits per heavy atom. The molecule has 0 aliphatic heterocycles. The first-order valence-electron chi connectivity index (χ1n) is 4.06. The number of hydrogen-bond donors (Lipinski definition) is 1. The highest BCUT2D eigenvalue weighted by molar-refractivity contribution is 7.87. The summed E-state index contributed by atoms with van der Waals surface area (Å²) in [6, 6.07) is 0. The third-order valence-corrected chi connectivity index (χ3v) is 3.16. The maximum atomic E-state index is 11.2. The molecule has 0 spiro atoms. The zero-order valence-electron chi connectivity index (χ0n) is 8.10. The Morgan fingerprint density at radius 1 is 1.57 bits per heavy atom. The number of oxazole rings is 1. The normalized spacial score (nSPS) is 12.2. The minimum Gasteiger partial charge on any atom is -0.451 e. The molecule has 1 rings (SSSR count). The van der Waals surface area contributed by atoms with Crippen LogP contribution in [0.5, 0.6) is 0 Å². The minimum atomic E-state index is -3.33. The lowest BCUT2D eigenvalue weighted by atomic mass is 10.3. The summed E-state index contributed by atoms with van der Waals surface area (Å²) < 4.78 is 30.7. The summed E-state index contributed by atoms with van der Waals surface area (Å²) in [4.78, 5) is 3.87. The quantitative estimate of drug-likeness (QED) is 0.732. The molecule has 0 atom stereocenters. The monoisotopic (exact) mass is 219 g/mol. The lowest BCUT2D eigenvalue weighted by molar-refractivity contribution is 0.505. The summed E-state index contributed by atoms with van der Waals surface area (Å²) in [6.45, 7) is 0.313. The van der Waals surface area contributed by atoms with E-state index in [1.54, 1.807) is 0 Å². The molecule has 0 saturated heterocycles. The lowest BCUT2D eigenvalue weighted by Gasteiger charge is -2.11. The highest BCUT2D eigenvalue weighted by Gasteiger charge is 2.11. The zero-order chi connectivity index (χ0) is 10.6. The van der Waals surface area contributed by atoms with Crippen LogP contribution in [0.3, 0.4) is 0 Å². The van der Waals surface area contributed by atoms with Crippen molar-refractivity contribution in [3.8, 4) is 0 Å². The van der Waals surface area contributed by atoms with E-state index < -0.39 is 10.2 Å². The Balaban J connectivity index is 2.36. The van der Waals surface area contributed by atoms with Gasteiger partial charge in [0, 0.05) is 27.1 Å². The molecular formula is C7H13N3O3S. The molecule has 0 amide bonds. The average molecular weight is 219 g/mol. The predicted molar refractivity (Wildman–Crippen MR) is 50.8 cm³/mol. The van der Waals surface area contributed by atoms with Gasteiger partial charge < -0.3 is 4.42 Å². The van der Waals surface area contributed by atoms with Crippen molar-refractivity contribution in [3.05, 3.63) is 18.4 Å². The SMILES string of the molecule is CN(C)S(=O)(=O)NCCc1cocn1. The number of aromatic nitrogens is 1. The fraction of sp³-hybridized carbons (Fsp3) is 0.571. The van der Waals surface area contributed by atoms with Crippen LogP contribution in [-0.2, 0) is 16.6 Å². The van der Waals surface area contributed by atoms with Crippen LogP contribution < -0.4 is 4.72 Å². The van der Waals surface area contributed by atoms with Crippen LogP contribution in [0.2, 0.25) is 0 Å². The van der Waals surface area contributed by atoms with Gasteiger partial charge in [-0.3, -0.25) is 0 Å². The molecule has 6 nitrogen and oxygen atoms in total. The highest BCUT2D eigenvalue weighted by Crippen LogP contribution is 1.95. The Bertz CT molecular complexity index is 358. The first-order valence-corrected chi connectivity index (χ1v) is 5.50. The summed E-state index contributed by atoms with van der Waals surface area (Å²) in [5.74, 6) is 0. The standard InChI is InChI=1S/C7H13N3O3S/c1-10(2)14(11,12)9-4-3-7-5-13-6-8-7/h5-6,9H,3-4H2,1-2H3. The molecule has 80 valence electrons. The van der Waals surface area contributed by atoms with E-state index in [1.807, 2.05) is 0 Å². The highest BCUT2D eigenvalue weighted by atomic mass is 32.2. The smallest absolute Gasteiger partial charge is 0.278 e. The summed E-state index contributed by atoms with van der Waals surface area (Å²) >= 11 is 0. The van der Waals surface area contributed by atoms with Gasteiger partial charge in [0.2, 0.25) is 0 Å². The Hall–Kier alpha value is -0.920. The van der Waals surface area contributed by atoms with E-state index in [4.69, 9.17) is 4.42 Å². The predicted octanol–water partition coefficient (Wildman–Crippen LogP) is -0.387. The fourth-order valence-corrected chi connectivity index (χ4v) is 1.42. The van der Waals surface area contributed by atoms with E-state index in [-0.39, 0.29) is 0 Å². The van der Waals surface area contributed by atoms with Crippen LogP contribution in [0.25, 0.3) is 0 Å². The first kappa shape index (κ1) is 11.2. The minimum absolute atomic E-state index is 0.313. The van der Waals surface area contributed by atoms with Crippen molar-refractivity contribution >= 4 is 10.2 Å². The van der Waals surface area contributed by atoms with Gasteiger partial charge in [-0.1, -0.05) is 0 Å². The Morgan fingerprint density at radius 2 is 2.29 bits per heavy atom. The van der Waals surface area contributed by atoms with Gasteiger partial charge in [-0.2, -0.15) is 12.7 Å². The molecule has 14 heavy (non-hydrogen) atoms. The van der Waals surface area contributed by atoms with Crippen molar-refractivity contribution in [2.24, 2.45) is 0 Å². The van der Waals surface area contributed by atoms with Gasteiger partial charge >= 0.3 is 0 Å².